The van der Waals surface area contributed by atoms with Crippen LogP contribution in [-0.2, 0) is 16.0 Å². The highest BCUT2D eigenvalue weighted by molar-refractivity contribution is 6.31. The van der Waals surface area contributed by atoms with Crippen LogP contribution in [0.15, 0.2) is 18.2 Å². The molecular weight excluding hydrogens is 282 g/mol. The van der Waals surface area contributed by atoms with Crippen molar-refractivity contribution < 1.29 is 19.4 Å². The van der Waals surface area contributed by atoms with Gasteiger partial charge in [0.25, 0.3) is 0 Å². The zero-order valence-corrected chi connectivity index (χ0v) is 12.4. The maximum Gasteiger partial charge on any atom is 0.308 e. The summed E-state index contributed by atoms with van der Waals surface area (Å²) in [6.07, 6.45) is 0.0412. The van der Waals surface area contributed by atoms with Gasteiger partial charge in [-0.1, -0.05) is 17.7 Å². The van der Waals surface area contributed by atoms with E-state index in [-0.39, 0.29) is 12.3 Å². The van der Waals surface area contributed by atoms with E-state index >= 15 is 0 Å². The van der Waals surface area contributed by atoms with Crippen molar-refractivity contribution in [2.24, 2.45) is 5.92 Å². The molecule has 0 aliphatic rings. The number of nitrogens with one attached hydrogen (secondary N) is 1. The number of methoxy groups -OCH3 is 1. The zero-order valence-electron chi connectivity index (χ0n) is 11.6. The van der Waals surface area contributed by atoms with Crippen molar-refractivity contribution in [2.45, 2.75) is 26.3 Å². The molecule has 0 radical (unpaired) electrons. The second kappa shape index (κ2) is 7.14. The van der Waals surface area contributed by atoms with Crippen LogP contribution in [0.5, 0.6) is 5.75 Å². The lowest BCUT2D eigenvalue weighted by molar-refractivity contribution is -0.142. The third-order valence-corrected chi connectivity index (χ3v) is 3.52. The maximum atomic E-state index is 12.0. The normalized spacial score (nSPS) is 13.4. The lowest BCUT2D eigenvalue weighted by Crippen LogP contribution is -2.40. The van der Waals surface area contributed by atoms with Gasteiger partial charge in [0.1, 0.15) is 5.75 Å². The molecule has 20 heavy (non-hydrogen) atoms. The molecule has 5 nitrogen and oxygen atoms in total. The van der Waals surface area contributed by atoms with Crippen LogP contribution in [0.3, 0.4) is 0 Å². The summed E-state index contributed by atoms with van der Waals surface area (Å²) in [6, 6.07) is 4.67. The van der Waals surface area contributed by atoms with Crippen molar-refractivity contribution in [3.63, 3.8) is 0 Å². The van der Waals surface area contributed by atoms with Gasteiger partial charge in [-0.15, -0.1) is 0 Å². The summed E-state index contributed by atoms with van der Waals surface area (Å²) in [5, 5.41) is 12.0. The number of carboxylic acid groups (broad SMARTS) is 1. The molecule has 0 aliphatic carbocycles. The van der Waals surface area contributed by atoms with Gasteiger partial charge in [0.05, 0.1) is 19.4 Å². The van der Waals surface area contributed by atoms with Gasteiger partial charge in [-0.2, -0.15) is 0 Å². The van der Waals surface area contributed by atoms with E-state index in [0.717, 1.165) is 0 Å². The highest BCUT2D eigenvalue weighted by atomic mass is 35.5. The first-order chi connectivity index (χ1) is 9.36. The first-order valence-electron chi connectivity index (χ1n) is 6.20. The molecule has 0 aromatic heterocycles. The van der Waals surface area contributed by atoms with Crippen LogP contribution in [0.2, 0.25) is 5.02 Å². The molecule has 2 unspecified atom stereocenters. The largest absolute Gasteiger partial charge is 0.496 e. The highest BCUT2D eigenvalue weighted by Crippen LogP contribution is 2.26. The van der Waals surface area contributed by atoms with Gasteiger partial charge >= 0.3 is 5.97 Å². The molecule has 2 atom stereocenters. The molecule has 0 saturated heterocycles. The van der Waals surface area contributed by atoms with Gasteiger partial charge in [0, 0.05) is 16.6 Å². The van der Waals surface area contributed by atoms with Crippen LogP contribution < -0.4 is 10.1 Å². The SMILES string of the molecule is COc1cccc(Cl)c1CC(=O)NC(C)C(C)C(=O)O. The average Bonchev–Trinajstić information content (AvgIpc) is 2.39. The fourth-order valence-electron chi connectivity index (χ4n) is 1.71. The molecule has 0 heterocycles. The molecule has 1 rings (SSSR count). The Morgan fingerprint density at radius 2 is 2.05 bits per heavy atom. The van der Waals surface area contributed by atoms with Gasteiger partial charge in [-0.05, 0) is 26.0 Å². The van der Waals surface area contributed by atoms with Crippen molar-refractivity contribution in [2.75, 3.05) is 7.11 Å². The summed E-state index contributed by atoms with van der Waals surface area (Å²) < 4.78 is 5.16. The van der Waals surface area contributed by atoms with E-state index in [9.17, 15) is 9.59 Å². The minimum atomic E-state index is -0.951. The fraction of sp³-hybridized carbons (Fsp3) is 0.429. The van der Waals surface area contributed by atoms with E-state index in [0.29, 0.717) is 16.3 Å². The van der Waals surface area contributed by atoms with Crippen LogP contribution >= 0.6 is 11.6 Å². The third-order valence-electron chi connectivity index (χ3n) is 3.16. The van der Waals surface area contributed by atoms with E-state index in [2.05, 4.69) is 5.32 Å². The molecule has 0 spiro atoms. The van der Waals surface area contributed by atoms with Gasteiger partial charge in [-0.25, -0.2) is 0 Å². The van der Waals surface area contributed by atoms with Crippen LogP contribution in [-0.4, -0.2) is 30.1 Å². The number of carbonyl (C=O) groups is 2. The quantitative estimate of drug-likeness (QED) is 0.843. The number of amides is 1. The average molecular weight is 300 g/mol. The van der Waals surface area contributed by atoms with Crippen LogP contribution in [0.1, 0.15) is 19.4 Å². The summed E-state index contributed by atoms with van der Waals surface area (Å²) in [6.45, 7) is 3.20. The Labute approximate surface area is 122 Å². The number of carbonyl (C=O) groups excluding carboxylic acids is 1. The number of carboxylic acids is 1. The monoisotopic (exact) mass is 299 g/mol. The van der Waals surface area contributed by atoms with Crippen molar-refractivity contribution in [3.05, 3.63) is 28.8 Å². The summed E-state index contributed by atoms with van der Waals surface area (Å²) in [5.74, 6) is -1.37. The van der Waals surface area contributed by atoms with Crippen LogP contribution in [0.4, 0.5) is 0 Å². The van der Waals surface area contributed by atoms with E-state index < -0.39 is 17.9 Å². The standard InChI is InChI=1S/C14H18ClNO4/c1-8(14(18)19)9(2)16-13(17)7-10-11(15)5-4-6-12(10)20-3/h4-6,8-9H,7H2,1-3H3,(H,16,17)(H,18,19). The van der Waals surface area contributed by atoms with E-state index in [1.165, 1.54) is 7.11 Å². The number of benzene rings is 1. The Kier molecular flexibility index (Phi) is 5.82. The molecule has 1 amide bonds. The van der Waals surface area contributed by atoms with Gasteiger partial charge in [0.15, 0.2) is 0 Å². The molecule has 0 bridgehead atoms. The summed E-state index contributed by atoms with van der Waals surface area (Å²) in [7, 11) is 1.50. The van der Waals surface area contributed by atoms with Crippen molar-refractivity contribution in [1.82, 2.24) is 5.32 Å². The Bertz CT molecular complexity index is 504. The van der Waals surface area contributed by atoms with Gasteiger partial charge in [-0.3, -0.25) is 9.59 Å². The number of aliphatic carboxylic acids is 1. The van der Waals surface area contributed by atoms with E-state index in [1.807, 2.05) is 0 Å². The van der Waals surface area contributed by atoms with Gasteiger partial charge < -0.3 is 15.2 Å². The maximum absolute atomic E-state index is 12.0. The first-order valence-corrected chi connectivity index (χ1v) is 6.58. The number of halogens is 1. The predicted octanol–water partition coefficient (Wildman–Crippen LogP) is 2.12. The smallest absolute Gasteiger partial charge is 0.308 e. The number of rotatable bonds is 6. The molecule has 2 N–H and O–H groups in total. The van der Waals surface area contributed by atoms with Gasteiger partial charge in [0.2, 0.25) is 5.91 Å². The second-order valence-electron chi connectivity index (χ2n) is 4.58. The molecule has 0 fully saturated rings. The predicted molar refractivity (Wildman–Crippen MR) is 76.1 cm³/mol. The molecular formula is C14H18ClNO4. The molecule has 1 aromatic rings. The molecule has 110 valence electrons. The van der Waals surface area contributed by atoms with Crippen molar-refractivity contribution >= 4 is 23.5 Å². The molecule has 1 aromatic carbocycles. The minimum Gasteiger partial charge on any atom is -0.496 e. The summed E-state index contributed by atoms with van der Waals surface area (Å²) >= 11 is 6.05. The zero-order chi connectivity index (χ0) is 15.3. The lowest BCUT2D eigenvalue weighted by atomic mass is 10.0. The Balaban J connectivity index is 2.75. The minimum absolute atomic E-state index is 0.0412. The first kappa shape index (κ1) is 16.3. The Morgan fingerprint density at radius 1 is 1.40 bits per heavy atom. The lowest BCUT2D eigenvalue weighted by Gasteiger charge is -2.18. The molecule has 0 aliphatic heterocycles. The highest BCUT2D eigenvalue weighted by Gasteiger charge is 2.22. The summed E-state index contributed by atoms with van der Waals surface area (Å²) in [4.78, 5) is 22.8. The van der Waals surface area contributed by atoms with Crippen molar-refractivity contribution in [1.29, 1.82) is 0 Å². The van der Waals surface area contributed by atoms with E-state index in [1.54, 1.807) is 32.0 Å². The fourth-order valence-corrected chi connectivity index (χ4v) is 1.94. The summed E-state index contributed by atoms with van der Waals surface area (Å²) in [5.41, 5.74) is 0.587. The Hall–Kier alpha value is -1.75. The molecule has 0 saturated carbocycles. The number of ether oxygens (including phenoxy) is 1. The third kappa shape index (κ3) is 4.13. The number of hydrogen-bond acceptors (Lipinski definition) is 3. The molecule has 6 heteroatoms. The van der Waals surface area contributed by atoms with E-state index in [4.69, 9.17) is 21.4 Å². The van der Waals surface area contributed by atoms with Crippen LogP contribution in [0, 0.1) is 5.92 Å². The van der Waals surface area contributed by atoms with Crippen LogP contribution in [0.25, 0.3) is 0 Å². The van der Waals surface area contributed by atoms with Crippen molar-refractivity contribution in [3.8, 4) is 5.75 Å². The topological polar surface area (TPSA) is 75.6 Å². The number of hydrogen-bond donors (Lipinski definition) is 2. The Morgan fingerprint density at radius 3 is 2.60 bits per heavy atom. The second-order valence-corrected chi connectivity index (χ2v) is 4.99.